The van der Waals surface area contributed by atoms with Crippen LogP contribution in [0.25, 0.3) is 22.2 Å². The van der Waals surface area contributed by atoms with Gasteiger partial charge in [-0.2, -0.15) is 5.26 Å². The van der Waals surface area contributed by atoms with Crippen molar-refractivity contribution in [1.82, 2.24) is 9.55 Å². The number of carbonyl (C=O) groups is 1. The Morgan fingerprint density at radius 2 is 1.69 bits per heavy atom. The summed E-state index contributed by atoms with van der Waals surface area (Å²) in [5.74, 6) is 0.848. The Bertz CT molecular complexity index is 1690. The van der Waals surface area contributed by atoms with Crippen molar-refractivity contribution in [2.45, 2.75) is 33.2 Å². The summed E-state index contributed by atoms with van der Waals surface area (Å²) >= 11 is 0. The summed E-state index contributed by atoms with van der Waals surface area (Å²) in [6.07, 6.45) is 1.82. The average molecular weight is 514 g/mol. The van der Waals surface area contributed by atoms with E-state index in [1.807, 2.05) is 74.6 Å². The summed E-state index contributed by atoms with van der Waals surface area (Å²) in [5, 5.41) is 15.7. The smallest absolute Gasteiger partial charge is 0.255 e. The van der Waals surface area contributed by atoms with Crippen molar-refractivity contribution in [2.24, 2.45) is 0 Å². The first-order valence-electron chi connectivity index (χ1n) is 13.2. The lowest BCUT2D eigenvalue weighted by atomic mass is 9.99. The molecule has 0 unspecified atom stereocenters. The highest BCUT2D eigenvalue weighted by atomic mass is 16.1. The van der Waals surface area contributed by atoms with Crippen molar-refractivity contribution in [3.05, 3.63) is 113 Å². The summed E-state index contributed by atoms with van der Waals surface area (Å²) in [5.41, 5.74) is 8.76. The molecule has 1 heterocycles. The number of imidazole rings is 1. The van der Waals surface area contributed by atoms with E-state index in [-0.39, 0.29) is 5.91 Å². The van der Waals surface area contributed by atoms with Gasteiger partial charge in [0, 0.05) is 25.6 Å². The van der Waals surface area contributed by atoms with Crippen LogP contribution < -0.4 is 10.6 Å². The average Bonchev–Trinajstić information content (AvgIpc) is 3.31. The van der Waals surface area contributed by atoms with Gasteiger partial charge in [0.25, 0.3) is 5.91 Å². The topological polar surface area (TPSA) is 82.7 Å². The zero-order valence-corrected chi connectivity index (χ0v) is 22.5. The van der Waals surface area contributed by atoms with Crippen LogP contribution in [-0.4, -0.2) is 22.5 Å². The van der Waals surface area contributed by atoms with E-state index in [9.17, 15) is 10.1 Å². The molecule has 0 fully saturated rings. The fourth-order valence-electron chi connectivity index (χ4n) is 4.97. The highest BCUT2D eigenvalue weighted by Gasteiger charge is 2.17. The first-order valence-corrected chi connectivity index (χ1v) is 13.2. The van der Waals surface area contributed by atoms with Gasteiger partial charge in [0.2, 0.25) is 0 Å². The molecule has 5 rings (SSSR count). The Labute approximate surface area is 228 Å². The van der Waals surface area contributed by atoms with Gasteiger partial charge in [-0.25, -0.2) is 4.98 Å². The minimum absolute atomic E-state index is 0.159. The quantitative estimate of drug-likeness (QED) is 0.230. The van der Waals surface area contributed by atoms with Crippen molar-refractivity contribution < 1.29 is 4.79 Å². The third-order valence-electron chi connectivity index (χ3n) is 6.96. The van der Waals surface area contributed by atoms with Gasteiger partial charge in [0.1, 0.15) is 5.82 Å². The molecule has 0 aliphatic carbocycles. The predicted molar refractivity (Wildman–Crippen MR) is 158 cm³/mol. The van der Waals surface area contributed by atoms with Crippen LogP contribution in [0.2, 0.25) is 0 Å². The molecule has 0 aliphatic heterocycles. The van der Waals surface area contributed by atoms with E-state index in [2.05, 4.69) is 52.5 Å². The van der Waals surface area contributed by atoms with E-state index in [0.717, 1.165) is 63.3 Å². The van der Waals surface area contributed by atoms with Crippen molar-refractivity contribution in [3.63, 3.8) is 0 Å². The van der Waals surface area contributed by atoms with E-state index < -0.39 is 0 Å². The van der Waals surface area contributed by atoms with Crippen LogP contribution in [0.4, 0.5) is 11.4 Å². The summed E-state index contributed by atoms with van der Waals surface area (Å²) in [6, 6.07) is 29.8. The number of aryl methyl sites for hydroxylation is 2. The third kappa shape index (κ3) is 5.25. The number of fused-ring (bicyclic) bond motifs is 1. The monoisotopic (exact) mass is 513 g/mol. The number of hydrogen-bond donors (Lipinski definition) is 2. The molecule has 0 spiro atoms. The van der Waals surface area contributed by atoms with Gasteiger partial charge >= 0.3 is 0 Å². The van der Waals surface area contributed by atoms with Gasteiger partial charge in [-0.1, -0.05) is 61.5 Å². The third-order valence-corrected chi connectivity index (χ3v) is 6.96. The van der Waals surface area contributed by atoms with Crippen LogP contribution in [-0.2, 0) is 13.0 Å². The number of anilines is 2. The molecule has 5 aromatic rings. The van der Waals surface area contributed by atoms with Gasteiger partial charge in [0.05, 0.1) is 34.0 Å². The molecule has 39 heavy (non-hydrogen) atoms. The van der Waals surface area contributed by atoms with Crippen LogP contribution in [0.1, 0.15) is 46.2 Å². The molecule has 6 nitrogen and oxygen atoms in total. The number of para-hydroxylation sites is 2. The Balaban J connectivity index is 1.50. The normalized spacial score (nSPS) is 10.8. The second kappa shape index (κ2) is 11.2. The van der Waals surface area contributed by atoms with Crippen LogP contribution >= 0.6 is 0 Å². The first kappa shape index (κ1) is 25.7. The molecule has 1 amide bonds. The highest BCUT2D eigenvalue weighted by molar-refractivity contribution is 6.07. The molecule has 2 N–H and O–H groups in total. The Morgan fingerprint density at radius 1 is 0.974 bits per heavy atom. The van der Waals surface area contributed by atoms with Crippen molar-refractivity contribution in [1.29, 1.82) is 5.26 Å². The number of rotatable bonds is 8. The van der Waals surface area contributed by atoms with E-state index in [1.165, 1.54) is 0 Å². The Kier molecular flexibility index (Phi) is 7.42. The van der Waals surface area contributed by atoms with Gasteiger partial charge < -0.3 is 15.2 Å². The van der Waals surface area contributed by atoms with Gasteiger partial charge in [0.15, 0.2) is 0 Å². The zero-order valence-electron chi connectivity index (χ0n) is 22.5. The van der Waals surface area contributed by atoms with Crippen LogP contribution in [0.15, 0.2) is 84.9 Å². The molecule has 0 bridgehead atoms. The van der Waals surface area contributed by atoms with E-state index >= 15 is 0 Å². The maximum absolute atomic E-state index is 13.3. The van der Waals surface area contributed by atoms with Crippen molar-refractivity contribution >= 4 is 28.3 Å². The molecule has 1 aromatic heterocycles. The number of benzene rings is 4. The molecule has 0 saturated heterocycles. The molecule has 0 aliphatic rings. The number of carbonyl (C=O) groups excluding carboxylic acids is 1. The number of nitrogens with one attached hydrogen (secondary N) is 2. The van der Waals surface area contributed by atoms with Crippen molar-refractivity contribution in [2.75, 3.05) is 17.7 Å². The first-order chi connectivity index (χ1) is 19.0. The van der Waals surface area contributed by atoms with E-state index in [0.29, 0.717) is 17.7 Å². The summed E-state index contributed by atoms with van der Waals surface area (Å²) < 4.78 is 2.22. The number of aromatic nitrogens is 2. The molecule has 4 aromatic carbocycles. The lowest BCUT2D eigenvalue weighted by Gasteiger charge is -2.13. The second-order valence-electron chi connectivity index (χ2n) is 9.63. The largest absolute Gasteiger partial charge is 0.386 e. The molecule has 0 radical (unpaired) electrons. The Hall–Kier alpha value is -4.89. The number of nitriles is 1. The lowest BCUT2D eigenvalue weighted by molar-refractivity contribution is 0.102. The van der Waals surface area contributed by atoms with Crippen LogP contribution in [0.3, 0.4) is 0 Å². The minimum atomic E-state index is -0.159. The predicted octanol–water partition coefficient (Wildman–Crippen LogP) is 7.18. The van der Waals surface area contributed by atoms with E-state index in [4.69, 9.17) is 4.98 Å². The lowest BCUT2D eigenvalue weighted by Crippen LogP contribution is -2.14. The van der Waals surface area contributed by atoms with Gasteiger partial charge in [-0.3, -0.25) is 4.79 Å². The second-order valence-corrected chi connectivity index (χ2v) is 9.63. The molecule has 6 heteroatoms. The Morgan fingerprint density at radius 3 is 2.41 bits per heavy atom. The summed E-state index contributed by atoms with van der Waals surface area (Å²) in [7, 11) is 1.84. The standard InChI is InChI=1S/C33H31N5O/c1-4-9-31-37-32-22(2)18-26(33(39)36-29-13-8-7-12-28(29)35-3)19-30(32)38(31)21-23-14-16-24(17-15-23)27-11-6-5-10-25(27)20-34/h5-8,10-19,35H,4,9,21H2,1-3H3,(H,36,39). The SMILES string of the molecule is CCCc1nc2c(C)cc(C(=O)Nc3ccccc3NC)cc2n1Cc1ccc(-c2ccccc2C#N)cc1. The van der Waals surface area contributed by atoms with Crippen LogP contribution in [0, 0.1) is 18.3 Å². The molecular weight excluding hydrogens is 482 g/mol. The zero-order chi connectivity index (χ0) is 27.4. The molecule has 0 saturated carbocycles. The maximum Gasteiger partial charge on any atom is 0.255 e. The fourth-order valence-corrected chi connectivity index (χ4v) is 4.97. The molecular formula is C33H31N5O. The highest BCUT2D eigenvalue weighted by Crippen LogP contribution is 2.28. The van der Waals surface area contributed by atoms with E-state index in [1.54, 1.807) is 0 Å². The molecule has 194 valence electrons. The number of amides is 1. The minimum Gasteiger partial charge on any atom is -0.386 e. The number of hydrogen-bond acceptors (Lipinski definition) is 4. The van der Waals surface area contributed by atoms with Gasteiger partial charge in [-0.05, 0) is 65.9 Å². The maximum atomic E-state index is 13.3. The number of nitrogens with zero attached hydrogens (tertiary/aromatic N) is 3. The van der Waals surface area contributed by atoms with Gasteiger partial charge in [-0.15, -0.1) is 0 Å². The summed E-state index contributed by atoms with van der Waals surface area (Å²) in [6.45, 7) is 4.80. The van der Waals surface area contributed by atoms with Crippen LogP contribution in [0.5, 0.6) is 0 Å². The molecule has 0 atom stereocenters. The summed E-state index contributed by atoms with van der Waals surface area (Å²) in [4.78, 5) is 18.3. The fraction of sp³-hybridized carbons (Fsp3) is 0.182. The van der Waals surface area contributed by atoms with Crippen molar-refractivity contribution in [3.8, 4) is 17.2 Å².